The van der Waals surface area contributed by atoms with Gasteiger partial charge in [0, 0.05) is 31.9 Å². The summed E-state index contributed by atoms with van der Waals surface area (Å²) < 4.78 is 1.71. The van der Waals surface area contributed by atoms with E-state index >= 15 is 0 Å². The molecule has 0 atom stereocenters. The number of carbonyl (C=O) groups excluding carboxylic acids is 1. The Bertz CT molecular complexity index is 687. The molecule has 2 aromatic rings. The van der Waals surface area contributed by atoms with Crippen LogP contribution in [-0.4, -0.2) is 47.8 Å². The van der Waals surface area contributed by atoms with Gasteiger partial charge in [-0.2, -0.15) is 5.10 Å². The van der Waals surface area contributed by atoms with Crippen molar-refractivity contribution in [2.45, 2.75) is 13.0 Å². The van der Waals surface area contributed by atoms with E-state index in [-0.39, 0.29) is 23.7 Å². The molecule has 6 nitrogen and oxygen atoms in total. The average molecular weight is 325 g/mol. The lowest BCUT2D eigenvalue weighted by atomic mass is 10.2. The summed E-state index contributed by atoms with van der Waals surface area (Å²) in [5.41, 5.74) is 0.662. The number of para-hydroxylation sites is 1. The lowest BCUT2D eigenvalue weighted by molar-refractivity contribution is -0.130. The molecule has 22 heavy (non-hydrogen) atoms. The number of benzene rings is 1. The fraction of sp³-hybridized carbons (Fsp3) is 0.400. The van der Waals surface area contributed by atoms with Gasteiger partial charge >= 0.3 is 0 Å². The Morgan fingerprint density at radius 2 is 2.09 bits per heavy atom. The molecule has 1 aromatic carbocycles. The van der Waals surface area contributed by atoms with E-state index in [4.69, 9.17) is 0 Å². The lowest BCUT2D eigenvalue weighted by Crippen LogP contribution is -2.33. The highest BCUT2D eigenvalue weighted by atomic mass is 35.5. The first kappa shape index (κ1) is 18.1. The van der Waals surface area contributed by atoms with Gasteiger partial charge in [-0.05, 0) is 19.2 Å². The highest BCUT2D eigenvalue weighted by molar-refractivity contribution is 5.85. The molecule has 120 valence electrons. The summed E-state index contributed by atoms with van der Waals surface area (Å²) in [6.07, 6.45) is 1.66. The van der Waals surface area contributed by atoms with Gasteiger partial charge in [0.2, 0.25) is 11.3 Å². The summed E-state index contributed by atoms with van der Waals surface area (Å²) in [7, 11) is 3.64. The van der Waals surface area contributed by atoms with Gasteiger partial charge in [0.15, 0.2) is 0 Å². The van der Waals surface area contributed by atoms with Crippen molar-refractivity contribution in [2.24, 2.45) is 0 Å². The fourth-order valence-corrected chi connectivity index (χ4v) is 2.14. The van der Waals surface area contributed by atoms with Crippen molar-refractivity contribution in [3.05, 3.63) is 40.7 Å². The Labute approximate surface area is 135 Å². The summed E-state index contributed by atoms with van der Waals surface area (Å²) in [5, 5.41) is 7.76. The topological polar surface area (TPSA) is 67.2 Å². The summed E-state index contributed by atoms with van der Waals surface area (Å²) >= 11 is 0. The van der Waals surface area contributed by atoms with Crippen LogP contribution >= 0.6 is 12.4 Å². The van der Waals surface area contributed by atoms with Crippen LogP contribution < -0.4 is 10.7 Å². The molecule has 2 rings (SSSR count). The van der Waals surface area contributed by atoms with Crippen molar-refractivity contribution in [1.82, 2.24) is 20.0 Å². The van der Waals surface area contributed by atoms with Crippen LogP contribution in [0, 0.1) is 0 Å². The number of carbonyl (C=O) groups is 1. The predicted molar refractivity (Wildman–Crippen MR) is 89.4 cm³/mol. The Kier molecular flexibility index (Phi) is 7.01. The normalized spacial score (nSPS) is 10.3. The molecule has 1 N–H and O–H groups in total. The maximum absolute atomic E-state index is 12.0. The van der Waals surface area contributed by atoms with E-state index in [9.17, 15) is 9.59 Å². The van der Waals surface area contributed by atoms with Crippen LogP contribution in [0.1, 0.15) is 6.42 Å². The molecule has 7 heteroatoms. The van der Waals surface area contributed by atoms with E-state index in [1.165, 1.54) is 6.20 Å². The Hall–Kier alpha value is -1.92. The van der Waals surface area contributed by atoms with Crippen molar-refractivity contribution in [2.75, 3.05) is 27.2 Å². The van der Waals surface area contributed by atoms with E-state index in [1.807, 2.05) is 25.2 Å². The van der Waals surface area contributed by atoms with Gasteiger partial charge < -0.3 is 10.2 Å². The molecular weight excluding hydrogens is 304 g/mol. The lowest BCUT2D eigenvalue weighted by Gasteiger charge is -2.17. The minimum absolute atomic E-state index is 0. The predicted octanol–water partition coefficient (Wildman–Crippen LogP) is 0.886. The summed E-state index contributed by atoms with van der Waals surface area (Å²) in [5.74, 6) is 0.0647. The molecule has 0 aliphatic rings. The van der Waals surface area contributed by atoms with E-state index in [1.54, 1.807) is 22.7 Å². The Morgan fingerprint density at radius 1 is 1.36 bits per heavy atom. The van der Waals surface area contributed by atoms with Crippen LogP contribution in [-0.2, 0) is 11.3 Å². The molecule has 0 aliphatic carbocycles. The summed E-state index contributed by atoms with van der Waals surface area (Å²) in [4.78, 5) is 25.5. The molecule has 0 saturated heterocycles. The SMILES string of the molecule is CNCCN(C)C(=O)CCn1ncc(=O)c2ccccc21.Cl. The van der Waals surface area contributed by atoms with Gasteiger partial charge in [-0.3, -0.25) is 14.3 Å². The molecule has 0 spiro atoms. The van der Waals surface area contributed by atoms with Crippen LogP contribution in [0.3, 0.4) is 0 Å². The number of hydrogen-bond acceptors (Lipinski definition) is 4. The minimum atomic E-state index is -0.0979. The van der Waals surface area contributed by atoms with E-state index in [0.717, 1.165) is 12.1 Å². The molecule has 0 aliphatic heterocycles. The van der Waals surface area contributed by atoms with Crippen LogP contribution in [0.25, 0.3) is 10.9 Å². The number of fused-ring (bicyclic) bond motifs is 1. The summed E-state index contributed by atoms with van der Waals surface area (Å²) in [6.45, 7) is 1.90. The zero-order valence-corrected chi connectivity index (χ0v) is 13.6. The quantitative estimate of drug-likeness (QED) is 0.857. The number of aryl methyl sites for hydroxylation is 1. The zero-order chi connectivity index (χ0) is 15.2. The minimum Gasteiger partial charge on any atom is -0.344 e. The second-order valence-electron chi connectivity index (χ2n) is 4.92. The highest BCUT2D eigenvalue weighted by Crippen LogP contribution is 2.08. The number of amides is 1. The Balaban J connectivity index is 0.00000242. The zero-order valence-electron chi connectivity index (χ0n) is 12.8. The number of halogens is 1. The third-order valence-electron chi connectivity index (χ3n) is 3.42. The smallest absolute Gasteiger partial charge is 0.224 e. The first-order valence-corrected chi connectivity index (χ1v) is 6.97. The largest absolute Gasteiger partial charge is 0.344 e. The molecule has 0 radical (unpaired) electrons. The van der Waals surface area contributed by atoms with Crippen molar-refractivity contribution in [3.8, 4) is 0 Å². The molecule has 1 amide bonds. The second-order valence-corrected chi connectivity index (χ2v) is 4.92. The monoisotopic (exact) mass is 324 g/mol. The highest BCUT2D eigenvalue weighted by Gasteiger charge is 2.09. The first-order chi connectivity index (χ1) is 10.1. The van der Waals surface area contributed by atoms with Gasteiger partial charge in [-0.25, -0.2) is 0 Å². The van der Waals surface area contributed by atoms with E-state index in [0.29, 0.717) is 24.9 Å². The number of nitrogens with one attached hydrogen (secondary N) is 1. The molecule has 1 aromatic heterocycles. The van der Waals surface area contributed by atoms with E-state index in [2.05, 4.69) is 10.4 Å². The van der Waals surface area contributed by atoms with Gasteiger partial charge in [-0.15, -0.1) is 12.4 Å². The van der Waals surface area contributed by atoms with Crippen molar-refractivity contribution >= 4 is 29.2 Å². The van der Waals surface area contributed by atoms with Crippen molar-refractivity contribution < 1.29 is 4.79 Å². The van der Waals surface area contributed by atoms with Crippen molar-refractivity contribution in [3.63, 3.8) is 0 Å². The van der Waals surface area contributed by atoms with Gasteiger partial charge in [0.1, 0.15) is 0 Å². The van der Waals surface area contributed by atoms with Crippen molar-refractivity contribution in [1.29, 1.82) is 0 Å². The Morgan fingerprint density at radius 3 is 2.82 bits per heavy atom. The molecular formula is C15H21ClN4O2. The molecule has 0 bridgehead atoms. The molecule has 0 fully saturated rings. The number of likely N-dealkylation sites (N-methyl/N-ethyl adjacent to an activating group) is 2. The maximum Gasteiger partial charge on any atom is 0.224 e. The molecule has 0 unspecified atom stereocenters. The average Bonchev–Trinajstić information content (AvgIpc) is 2.52. The van der Waals surface area contributed by atoms with E-state index < -0.39 is 0 Å². The van der Waals surface area contributed by atoms with Gasteiger partial charge in [-0.1, -0.05) is 12.1 Å². The van der Waals surface area contributed by atoms with Crippen LogP contribution in [0.2, 0.25) is 0 Å². The number of aromatic nitrogens is 2. The van der Waals surface area contributed by atoms with Crippen LogP contribution in [0.5, 0.6) is 0 Å². The van der Waals surface area contributed by atoms with Gasteiger partial charge in [0.05, 0.1) is 18.3 Å². The third kappa shape index (κ3) is 4.29. The number of rotatable bonds is 6. The maximum atomic E-state index is 12.0. The number of hydrogen-bond donors (Lipinski definition) is 1. The summed E-state index contributed by atoms with van der Waals surface area (Å²) in [6, 6.07) is 7.31. The number of nitrogens with zero attached hydrogens (tertiary/aromatic N) is 3. The van der Waals surface area contributed by atoms with Crippen LogP contribution in [0.4, 0.5) is 0 Å². The van der Waals surface area contributed by atoms with Gasteiger partial charge in [0.25, 0.3) is 0 Å². The molecule has 1 heterocycles. The standard InChI is InChI=1S/C15H20N4O2.ClH/c1-16-8-10-18(2)15(21)7-9-19-13-6-4-3-5-12(13)14(20)11-17-19;/h3-6,11,16H,7-10H2,1-2H3;1H. The van der Waals surface area contributed by atoms with Crippen LogP contribution in [0.15, 0.2) is 35.3 Å². The first-order valence-electron chi connectivity index (χ1n) is 6.97. The fourth-order valence-electron chi connectivity index (χ4n) is 2.14. The second kappa shape index (κ2) is 8.51. The third-order valence-corrected chi connectivity index (χ3v) is 3.42. The molecule has 0 saturated carbocycles.